The van der Waals surface area contributed by atoms with Crippen LogP contribution in [0.1, 0.15) is 79.2 Å². The van der Waals surface area contributed by atoms with E-state index in [1.807, 2.05) is 65.0 Å². The van der Waals surface area contributed by atoms with Crippen molar-refractivity contribution in [3.05, 3.63) is 35.9 Å². The van der Waals surface area contributed by atoms with Crippen LogP contribution in [-0.2, 0) is 30.3 Å². The van der Waals surface area contributed by atoms with Gasteiger partial charge in [0.25, 0.3) is 0 Å². The summed E-state index contributed by atoms with van der Waals surface area (Å²) in [6.07, 6.45) is 2.93. The quantitative estimate of drug-likeness (QED) is 0.436. The van der Waals surface area contributed by atoms with Crippen molar-refractivity contribution < 1.29 is 23.9 Å². The fraction of sp³-hybridized carbons (Fsp3) is 0.655. The van der Waals surface area contributed by atoms with Crippen molar-refractivity contribution in [3.8, 4) is 0 Å². The van der Waals surface area contributed by atoms with Gasteiger partial charge in [0.1, 0.15) is 24.2 Å². The van der Waals surface area contributed by atoms with Gasteiger partial charge in [-0.25, -0.2) is 4.79 Å². The van der Waals surface area contributed by atoms with Gasteiger partial charge in [-0.05, 0) is 29.7 Å². The molecule has 0 saturated carbocycles. The monoisotopic (exact) mass is 515 g/mol. The molecule has 206 valence electrons. The molecular formula is C29H45N3O5. The van der Waals surface area contributed by atoms with Crippen molar-refractivity contribution in [1.82, 2.24) is 16.0 Å². The molecule has 2 rings (SSSR count). The minimum absolute atomic E-state index is 0.0399. The molecule has 1 aliphatic rings. The smallest absolute Gasteiger partial charge is 0.329 e. The second-order valence-corrected chi connectivity index (χ2v) is 10.7. The van der Waals surface area contributed by atoms with E-state index in [-0.39, 0.29) is 36.5 Å². The van der Waals surface area contributed by atoms with Crippen LogP contribution < -0.4 is 16.0 Å². The van der Waals surface area contributed by atoms with Crippen molar-refractivity contribution in [2.75, 3.05) is 0 Å². The van der Waals surface area contributed by atoms with Gasteiger partial charge in [0, 0.05) is 6.42 Å². The normalized spacial score (nSPS) is 25.5. The summed E-state index contributed by atoms with van der Waals surface area (Å²) < 4.78 is 5.93. The molecule has 0 spiro atoms. The summed E-state index contributed by atoms with van der Waals surface area (Å²) in [5.74, 6) is -2.24. The number of carbonyl (C=O) groups excluding carboxylic acids is 4. The molecule has 1 heterocycles. The Bertz CT molecular complexity index is 904. The highest BCUT2D eigenvalue weighted by Gasteiger charge is 2.36. The number of esters is 1. The standard InChI is InChI=1S/C29H45N3O5/c1-7-9-13-20(6)23-17-24(33)31-25(18(3)4)28(35)30-22(16-21-14-11-10-12-15-21)27(34)32-26(19(5)8-2)29(36)37-23/h10-12,14-15,18-20,22-23,25-26H,7-9,13,16-17H2,1-6H3,(H,30,35)(H,31,33)(H,32,34)/t19-,20?,22+,23?,25+,26-/m1/s1. The van der Waals surface area contributed by atoms with Crippen LogP contribution in [0.25, 0.3) is 0 Å². The Balaban J connectivity index is 2.46. The zero-order valence-electron chi connectivity index (χ0n) is 23.2. The Kier molecular flexibility index (Phi) is 12.1. The molecule has 1 aromatic rings. The molecule has 1 saturated heterocycles. The molecule has 3 N–H and O–H groups in total. The lowest BCUT2D eigenvalue weighted by Crippen LogP contribution is -2.58. The maximum atomic E-state index is 13.5. The second-order valence-electron chi connectivity index (χ2n) is 10.7. The lowest BCUT2D eigenvalue weighted by molar-refractivity contribution is -0.158. The fourth-order valence-corrected chi connectivity index (χ4v) is 4.49. The largest absolute Gasteiger partial charge is 0.460 e. The summed E-state index contributed by atoms with van der Waals surface area (Å²) in [5.41, 5.74) is 0.866. The molecule has 1 fully saturated rings. The first-order valence-electron chi connectivity index (χ1n) is 13.7. The van der Waals surface area contributed by atoms with E-state index in [0.29, 0.717) is 6.42 Å². The number of nitrogens with one attached hydrogen (secondary N) is 3. The fourth-order valence-electron chi connectivity index (χ4n) is 4.49. The minimum Gasteiger partial charge on any atom is -0.460 e. The van der Waals surface area contributed by atoms with Crippen LogP contribution in [0.4, 0.5) is 0 Å². The van der Waals surface area contributed by atoms with Crippen LogP contribution >= 0.6 is 0 Å². The van der Waals surface area contributed by atoms with Crippen LogP contribution in [0, 0.1) is 17.8 Å². The van der Waals surface area contributed by atoms with E-state index in [1.165, 1.54) is 0 Å². The van der Waals surface area contributed by atoms with Crippen LogP contribution in [0.3, 0.4) is 0 Å². The van der Waals surface area contributed by atoms with Crippen molar-refractivity contribution >= 4 is 23.7 Å². The Labute approximate surface area is 221 Å². The molecule has 37 heavy (non-hydrogen) atoms. The number of amides is 3. The maximum Gasteiger partial charge on any atom is 0.329 e. The average molecular weight is 516 g/mol. The summed E-state index contributed by atoms with van der Waals surface area (Å²) in [5, 5.41) is 8.54. The third-order valence-corrected chi connectivity index (χ3v) is 7.25. The molecule has 1 aliphatic heterocycles. The Morgan fingerprint density at radius 1 is 0.865 bits per heavy atom. The molecule has 3 amide bonds. The molecule has 8 heteroatoms. The number of benzene rings is 1. The summed E-state index contributed by atoms with van der Waals surface area (Å²) in [6.45, 7) is 11.6. The predicted molar refractivity (Wildman–Crippen MR) is 143 cm³/mol. The van der Waals surface area contributed by atoms with Gasteiger partial charge in [0.2, 0.25) is 17.7 Å². The van der Waals surface area contributed by atoms with Gasteiger partial charge in [-0.2, -0.15) is 0 Å². The third kappa shape index (κ3) is 9.17. The molecule has 0 radical (unpaired) electrons. The van der Waals surface area contributed by atoms with E-state index in [2.05, 4.69) is 22.9 Å². The van der Waals surface area contributed by atoms with Gasteiger partial charge in [-0.1, -0.05) is 91.1 Å². The topological polar surface area (TPSA) is 114 Å². The summed E-state index contributed by atoms with van der Waals surface area (Å²) in [7, 11) is 0. The number of carbonyl (C=O) groups is 4. The summed E-state index contributed by atoms with van der Waals surface area (Å²) in [4.78, 5) is 53.3. The van der Waals surface area contributed by atoms with Gasteiger partial charge < -0.3 is 20.7 Å². The van der Waals surface area contributed by atoms with Gasteiger partial charge in [-0.3, -0.25) is 14.4 Å². The van der Waals surface area contributed by atoms with Crippen LogP contribution in [-0.4, -0.2) is 47.9 Å². The van der Waals surface area contributed by atoms with Crippen molar-refractivity contribution in [2.45, 2.75) is 104 Å². The second kappa shape index (κ2) is 14.7. The van der Waals surface area contributed by atoms with Crippen molar-refractivity contribution in [2.24, 2.45) is 17.8 Å². The van der Waals surface area contributed by atoms with Gasteiger partial charge in [0.15, 0.2) is 0 Å². The first-order chi connectivity index (χ1) is 17.6. The molecule has 2 unspecified atom stereocenters. The van der Waals surface area contributed by atoms with Gasteiger partial charge in [-0.15, -0.1) is 0 Å². The summed E-state index contributed by atoms with van der Waals surface area (Å²) in [6, 6.07) is 6.73. The third-order valence-electron chi connectivity index (χ3n) is 7.25. The number of rotatable bonds is 9. The lowest BCUT2D eigenvalue weighted by atomic mass is 9.94. The van der Waals surface area contributed by atoms with Crippen LogP contribution in [0.2, 0.25) is 0 Å². The van der Waals surface area contributed by atoms with E-state index in [1.54, 1.807) is 0 Å². The average Bonchev–Trinajstić information content (AvgIpc) is 2.87. The maximum absolute atomic E-state index is 13.5. The number of cyclic esters (lactones) is 1. The highest BCUT2D eigenvalue weighted by Crippen LogP contribution is 2.21. The Morgan fingerprint density at radius 2 is 1.54 bits per heavy atom. The first-order valence-corrected chi connectivity index (χ1v) is 13.7. The molecule has 1 aromatic carbocycles. The molecule has 8 nitrogen and oxygen atoms in total. The van der Waals surface area contributed by atoms with Crippen molar-refractivity contribution in [1.29, 1.82) is 0 Å². The predicted octanol–water partition coefficient (Wildman–Crippen LogP) is 3.53. The molecule has 6 atom stereocenters. The van der Waals surface area contributed by atoms with Crippen molar-refractivity contribution in [3.63, 3.8) is 0 Å². The Morgan fingerprint density at radius 3 is 2.14 bits per heavy atom. The lowest BCUT2D eigenvalue weighted by Gasteiger charge is -2.29. The van der Waals surface area contributed by atoms with E-state index in [0.717, 1.165) is 24.8 Å². The van der Waals surface area contributed by atoms with Gasteiger partial charge >= 0.3 is 5.97 Å². The molecular weight excluding hydrogens is 470 g/mol. The SMILES string of the molecule is CCCCC(C)C1CC(=O)N[C@@H](C(C)C)C(=O)N[C@@H](Cc2ccccc2)C(=O)N[C@H]([C@H](C)CC)C(=O)O1. The number of hydrogen-bond donors (Lipinski definition) is 3. The zero-order valence-corrected chi connectivity index (χ0v) is 23.2. The number of ether oxygens (including phenoxy) is 1. The van der Waals surface area contributed by atoms with Crippen LogP contribution in [0.5, 0.6) is 0 Å². The van der Waals surface area contributed by atoms with E-state index in [4.69, 9.17) is 4.74 Å². The van der Waals surface area contributed by atoms with E-state index in [9.17, 15) is 19.2 Å². The number of unbranched alkanes of at least 4 members (excludes halogenated alkanes) is 1. The molecule has 0 bridgehead atoms. The minimum atomic E-state index is -0.924. The van der Waals surface area contributed by atoms with E-state index >= 15 is 0 Å². The first kappa shape index (κ1) is 30.3. The summed E-state index contributed by atoms with van der Waals surface area (Å²) >= 11 is 0. The van der Waals surface area contributed by atoms with Gasteiger partial charge in [0.05, 0.1) is 6.42 Å². The Hall–Kier alpha value is -2.90. The zero-order chi connectivity index (χ0) is 27.5. The van der Waals surface area contributed by atoms with E-state index < -0.39 is 42.0 Å². The molecule has 0 aromatic heterocycles. The highest BCUT2D eigenvalue weighted by molar-refractivity contribution is 5.94. The molecule has 0 aliphatic carbocycles. The number of hydrogen-bond acceptors (Lipinski definition) is 5. The van der Waals surface area contributed by atoms with Crippen LogP contribution in [0.15, 0.2) is 30.3 Å². The highest BCUT2D eigenvalue weighted by atomic mass is 16.5.